The summed E-state index contributed by atoms with van der Waals surface area (Å²) in [5.41, 5.74) is 1.23. The molecular formula is C19H26N4S. The molecule has 0 aliphatic heterocycles. The van der Waals surface area contributed by atoms with Crippen LogP contribution in [0.4, 0.5) is 0 Å². The van der Waals surface area contributed by atoms with Crippen molar-refractivity contribution in [2.75, 3.05) is 19.6 Å². The van der Waals surface area contributed by atoms with Gasteiger partial charge in [-0.25, -0.2) is 0 Å². The maximum atomic E-state index is 4.70. The molecule has 0 bridgehead atoms. The molecule has 0 aliphatic carbocycles. The lowest BCUT2D eigenvalue weighted by atomic mass is 10.2. The Morgan fingerprint density at radius 1 is 1.17 bits per heavy atom. The van der Waals surface area contributed by atoms with Gasteiger partial charge < -0.3 is 10.6 Å². The van der Waals surface area contributed by atoms with Crippen LogP contribution in [-0.2, 0) is 6.42 Å². The molecule has 0 fully saturated rings. The lowest BCUT2D eigenvalue weighted by molar-refractivity contribution is 0.794. The van der Waals surface area contributed by atoms with E-state index < -0.39 is 0 Å². The average molecular weight is 343 g/mol. The molecule has 4 nitrogen and oxygen atoms in total. The van der Waals surface area contributed by atoms with Crippen LogP contribution in [-0.4, -0.2) is 35.8 Å². The lowest BCUT2D eigenvalue weighted by Gasteiger charge is -2.13. The predicted molar refractivity (Wildman–Crippen MR) is 104 cm³/mol. The topological polar surface area (TPSA) is 49.3 Å². The van der Waals surface area contributed by atoms with Crippen LogP contribution in [0.15, 0.2) is 64.7 Å². The highest BCUT2D eigenvalue weighted by Gasteiger charge is 2.04. The van der Waals surface area contributed by atoms with Crippen molar-refractivity contribution in [3.8, 4) is 0 Å². The first-order valence-electron chi connectivity index (χ1n) is 8.40. The van der Waals surface area contributed by atoms with Crippen molar-refractivity contribution in [1.29, 1.82) is 0 Å². The van der Waals surface area contributed by atoms with Crippen LogP contribution in [0.1, 0.15) is 19.4 Å². The third-order valence-electron chi connectivity index (χ3n) is 3.36. The Labute approximate surface area is 149 Å². The molecule has 2 aromatic rings. The first-order valence-corrected chi connectivity index (χ1v) is 9.28. The molecule has 0 saturated heterocycles. The van der Waals surface area contributed by atoms with Crippen LogP contribution in [0.25, 0.3) is 0 Å². The molecule has 1 aromatic heterocycles. The fraction of sp³-hybridized carbons (Fsp3) is 0.368. The van der Waals surface area contributed by atoms with E-state index >= 15 is 0 Å². The van der Waals surface area contributed by atoms with E-state index in [1.54, 1.807) is 6.20 Å². The average Bonchev–Trinajstić information content (AvgIpc) is 2.61. The second kappa shape index (κ2) is 10.7. The summed E-state index contributed by atoms with van der Waals surface area (Å²) in [6, 6.07) is 14.5. The minimum Gasteiger partial charge on any atom is -0.357 e. The molecule has 1 aromatic carbocycles. The van der Waals surface area contributed by atoms with E-state index in [4.69, 9.17) is 4.99 Å². The van der Waals surface area contributed by atoms with Crippen molar-refractivity contribution in [3.63, 3.8) is 0 Å². The number of nitrogens with one attached hydrogen (secondary N) is 2. The van der Waals surface area contributed by atoms with Gasteiger partial charge in [-0.3, -0.25) is 9.98 Å². The van der Waals surface area contributed by atoms with Gasteiger partial charge in [0.1, 0.15) is 0 Å². The second-order valence-electron chi connectivity index (χ2n) is 5.50. The number of guanidine groups is 1. The highest BCUT2D eigenvalue weighted by Crippen LogP contribution is 2.22. The number of benzene rings is 1. The van der Waals surface area contributed by atoms with Crippen molar-refractivity contribution in [1.82, 2.24) is 15.6 Å². The molecule has 0 amide bonds. The first-order chi connectivity index (χ1) is 11.8. The van der Waals surface area contributed by atoms with E-state index in [0.29, 0.717) is 5.25 Å². The van der Waals surface area contributed by atoms with Gasteiger partial charge in [0.25, 0.3) is 0 Å². The summed E-state index contributed by atoms with van der Waals surface area (Å²) in [5, 5.41) is 7.12. The van der Waals surface area contributed by atoms with Gasteiger partial charge in [0.15, 0.2) is 5.96 Å². The maximum Gasteiger partial charge on any atom is 0.191 e. The van der Waals surface area contributed by atoms with E-state index in [9.17, 15) is 0 Å². The fourth-order valence-electron chi connectivity index (χ4n) is 2.20. The zero-order chi connectivity index (χ0) is 17.0. The number of pyridine rings is 1. The van der Waals surface area contributed by atoms with Crippen molar-refractivity contribution in [3.05, 3.63) is 60.4 Å². The molecule has 24 heavy (non-hydrogen) atoms. The normalized spacial score (nSPS) is 12.7. The van der Waals surface area contributed by atoms with Crippen LogP contribution in [0.2, 0.25) is 0 Å². The summed E-state index contributed by atoms with van der Waals surface area (Å²) < 4.78 is 0. The zero-order valence-electron chi connectivity index (χ0n) is 14.4. The Morgan fingerprint density at radius 3 is 2.71 bits per heavy atom. The zero-order valence-corrected chi connectivity index (χ0v) is 15.2. The Morgan fingerprint density at radius 2 is 2.00 bits per heavy atom. The molecular weight excluding hydrogens is 316 g/mol. The summed E-state index contributed by atoms with van der Waals surface area (Å²) in [4.78, 5) is 10.1. The number of aromatic nitrogens is 1. The van der Waals surface area contributed by atoms with E-state index in [1.807, 2.05) is 30.1 Å². The van der Waals surface area contributed by atoms with Crippen molar-refractivity contribution in [2.45, 2.75) is 30.4 Å². The van der Waals surface area contributed by atoms with E-state index in [2.05, 4.69) is 59.8 Å². The number of thioether (sulfide) groups is 1. The summed E-state index contributed by atoms with van der Waals surface area (Å²) in [5.74, 6) is 0.877. The Hall–Kier alpha value is -2.01. The van der Waals surface area contributed by atoms with Crippen molar-refractivity contribution >= 4 is 17.7 Å². The summed E-state index contributed by atoms with van der Waals surface area (Å²) in [7, 11) is 0. The number of aliphatic imine (C=N–C) groups is 1. The summed E-state index contributed by atoms with van der Waals surface area (Å²) in [6.45, 7) is 6.78. The number of hydrogen-bond donors (Lipinski definition) is 2. The Balaban J connectivity index is 1.79. The third kappa shape index (κ3) is 7.04. The number of nitrogens with zero attached hydrogens (tertiary/aromatic N) is 2. The molecule has 0 spiro atoms. The smallest absolute Gasteiger partial charge is 0.191 e. The minimum absolute atomic E-state index is 0.432. The standard InChI is InChI=1S/C19H26N4S/c1-3-21-19(22-13-11-17-8-7-12-20-15-17)23-14-16(2)24-18-9-5-4-6-10-18/h4-10,12,15-16H,3,11,13-14H2,1-2H3,(H2,21,22,23). The molecule has 128 valence electrons. The molecule has 0 radical (unpaired) electrons. The van der Waals surface area contributed by atoms with E-state index in [-0.39, 0.29) is 0 Å². The molecule has 1 unspecified atom stereocenters. The van der Waals surface area contributed by atoms with Gasteiger partial charge in [0.05, 0.1) is 6.54 Å². The van der Waals surface area contributed by atoms with E-state index in [0.717, 1.165) is 32.0 Å². The van der Waals surface area contributed by atoms with Gasteiger partial charge in [-0.1, -0.05) is 31.2 Å². The predicted octanol–water partition coefficient (Wildman–Crippen LogP) is 3.36. The number of hydrogen-bond acceptors (Lipinski definition) is 3. The molecule has 1 heterocycles. The van der Waals surface area contributed by atoms with Crippen LogP contribution < -0.4 is 10.6 Å². The van der Waals surface area contributed by atoms with Crippen molar-refractivity contribution < 1.29 is 0 Å². The van der Waals surface area contributed by atoms with Crippen LogP contribution in [0.5, 0.6) is 0 Å². The van der Waals surface area contributed by atoms with Gasteiger partial charge in [-0.15, -0.1) is 11.8 Å². The van der Waals surface area contributed by atoms with Crippen LogP contribution >= 0.6 is 11.8 Å². The summed E-state index contributed by atoms with van der Waals surface area (Å²) >= 11 is 1.85. The number of rotatable bonds is 8. The Bertz CT molecular complexity index is 601. The van der Waals surface area contributed by atoms with Gasteiger partial charge in [0, 0.05) is 35.6 Å². The molecule has 0 saturated carbocycles. The second-order valence-corrected chi connectivity index (χ2v) is 7.01. The van der Waals surface area contributed by atoms with Gasteiger partial charge in [-0.2, -0.15) is 0 Å². The molecule has 0 aliphatic rings. The quantitative estimate of drug-likeness (QED) is 0.439. The monoisotopic (exact) mass is 342 g/mol. The summed E-state index contributed by atoms with van der Waals surface area (Å²) in [6.07, 6.45) is 4.64. The molecule has 1 atom stereocenters. The fourth-order valence-corrected chi connectivity index (χ4v) is 3.13. The largest absolute Gasteiger partial charge is 0.357 e. The minimum atomic E-state index is 0.432. The third-order valence-corrected chi connectivity index (χ3v) is 4.46. The highest BCUT2D eigenvalue weighted by molar-refractivity contribution is 8.00. The highest BCUT2D eigenvalue weighted by atomic mass is 32.2. The lowest BCUT2D eigenvalue weighted by Crippen LogP contribution is -2.38. The first kappa shape index (κ1) is 18.3. The van der Waals surface area contributed by atoms with Crippen molar-refractivity contribution in [2.24, 2.45) is 4.99 Å². The Kier molecular flexibility index (Phi) is 8.18. The van der Waals surface area contributed by atoms with Crippen LogP contribution in [0.3, 0.4) is 0 Å². The van der Waals surface area contributed by atoms with Crippen LogP contribution in [0, 0.1) is 0 Å². The van der Waals surface area contributed by atoms with E-state index in [1.165, 1.54) is 10.5 Å². The SMILES string of the molecule is CCNC(=NCC(C)Sc1ccccc1)NCCc1cccnc1. The van der Waals surface area contributed by atoms with Gasteiger partial charge in [-0.05, 0) is 37.1 Å². The maximum absolute atomic E-state index is 4.70. The molecule has 2 N–H and O–H groups in total. The van der Waals surface area contributed by atoms with Gasteiger partial charge in [0.2, 0.25) is 0 Å². The molecule has 5 heteroatoms. The molecule has 2 rings (SSSR count). The van der Waals surface area contributed by atoms with Gasteiger partial charge >= 0.3 is 0 Å².